The second-order valence-electron chi connectivity index (χ2n) is 7.41. The second-order valence-corrected chi connectivity index (χ2v) is 7.41. The molecule has 0 radical (unpaired) electrons. The van der Waals surface area contributed by atoms with E-state index in [4.69, 9.17) is 4.74 Å². The van der Waals surface area contributed by atoms with Gasteiger partial charge in [-0.2, -0.15) is 0 Å². The number of carbonyl (C=O) groups excluding carboxylic acids is 1. The predicted octanol–water partition coefficient (Wildman–Crippen LogP) is 5.96. The van der Waals surface area contributed by atoms with Gasteiger partial charge >= 0.3 is 5.97 Å². The van der Waals surface area contributed by atoms with E-state index in [1.54, 1.807) is 0 Å². The number of rotatable bonds is 6. The largest absolute Gasteiger partial charge is 0.444 e. The van der Waals surface area contributed by atoms with Crippen LogP contribution in [0.3, 0.4) is 0 Å². The molecule has 0 aliphatic heterocycles. The molecule has 2 nitrogen and oxygen atoms in total. The van der Waals surface area contributed by atoms with Crippen molar-refractivity contribution in [3.05, 3.63) is 108 Å². The van der Waals surface area contributed by atoms with E-state index in [2.05, 4.69) is 0 Å². The number of hydrogen-bond acceptors (Lipinski definition) is 2. The lowest BCUT2D eigenvalue weighted by atomic mass is 9.79. The highest BCUT2D eigenvalue weighted by molar-refractivity contribution is 5.77. The minimum Gasteiger partial charge on any atom is -0.444 e. The summed E-state index contributed by atoms with van der Waals surface area (Å²) in [6.45, 7) is 5.87. The summed E-state index contributed by atoms with van der Waals surface area (Å²) in [5.74, 6) is -0.207. The van der Waals surface area contributed by atoms with Gasteiger partial charge < -0.3 is 4.74 Å². The van der Waals surface area contributed by atoms with E-state index in [0.29, 0.717) is 6.42 Å². The van der Waals surface area contributed by atoms with Crippen LogP contribution in [-0.2, 0) is 15.1 Å². The van der Waals surface area contributed by atoms with Crippen LogP contribution in [0.15, 0.2) is 91.0 Å². The van der Waals surface area contributed by atoms with E-state index in [0.717, 1.165) is 16.7 Å². The molecule has 0 saturated heterocycles. The maximum Gasteiger partial charge on any atom is 0.313 e. The van der Waals surface area contributed by atoms with Gasteiger partial charge in [-0.05, 0) is 20.3 Å². The van der Waals surface area contributed by atoms with Gasteiger partial charge in [-0.25, -0.2) is 0 Å². The summed E-state index contributed by atoms with van der Waals surface area (Å²) >= 11 is 0. The Balaban J connectivity index is 2.28. The van der Waals surface area contributed by atoms with Gasteiger partial charge in [0.25, 0.3) is 0 Å². The van der Waals surface area contributed by atoms with Crippen LogP contribution >= 0.6 is 0 Å². The Morgan fingerprint density at radius 3 is 1.33 bits per heavy atom. The summed E-state index contributed by atoms with van der Waals surface area (Å²) in [6, 6.07) is 29.9. The monoisotopic (exact) mass is 358 g/mol. The van der Waals surface area contributed by atoms with Crippen molar-refractivity contribution < 1.29 is 9.53 Å². The van der Waals surface area contributed by atoms with Crippen LogP contribution in [0.4, 0.5) is 0 Å². The van der Waals surface area contributed by atoms with Gasteiger partial charge in [0.15, 0.2) is 5.60 Å². The van der Waals surface area contributed by atoms with Crippen LogP contribution < -0.4 is 0 Å². The first-order valence-corrected chi connectivity index (χ1v) is 9.41. The van der Waals surface area contributed by atoms with Crippen LogP contribution in [0.2, 0.25) is 0 Å². The highest BCUT2D eigenvalue weighted by Crippen LogP contribution is 2.42. The summed E-state index contributed by atoms with van der Waals surface area (Å²) < 4.78 is 6.41. The zero-order valence-electron chi connectivity index (χ0n) is 16.2. The Morgan fingerprint density at radius 1 is 0.704 bits per heavy atom. The van der Waals surface area contributed by atoms with Gasteiger partial charge in [-0.1, -0.05) is 97.9 Å². The number of carbonyl (C=O) groups is 1. The van der Waals surface area contributed by atoms with Crippen molar-refractivity contribution in [1.82, 2.24) is 0 Å². The van der Waals surface area contributed by atoms with Crippen molar-refractivity contribution in [2.75, 3.05) is 0 Å². The van der Waals surface area contributed by atoms with E-state index in [1.807, 2.05) is 112 Å². The molecule has 0 amide bonds. The van der Waals surface area contributed by atoms with Gasteiger partial charge in [0.1, 0.15) is 0 Å². The summed E-state index contributed by atoms with van der Waals surface area (Å²) in [5, 5.41) is 0. The molecule has 0 saturated carbocycles. The molecule has 0 N–H and O–H groups in total. The van der Waals surface area contributed by atoms with Gasteiger partial charge in [0.2, 0.25) is 0 Å². The zero-order chi connectivity index (χ0) is 19.3. The highest BCUT2D eigenvalue weighted by Gasteiger charge is 2.43. The summed E-state index contributed by atoms with van der Waals surface area (Å²) in [5.41, 5.74) is 1.24. The van der Waals surface area contributed by atoms with Gasteiger partial charge in [-0.3, -0.25) is 4.79 Å². The predicted molar refractivity (Wildman–Crippen MR) is 109 cm³/mol. The van der Waals surface area contributed by atoms with Crippen molar-refractivity contribution in [2.24, 2.45) is 5.41 Å². The lowest BCUT2D eigenvalue weighted by Crippen LogP contribution is -2.39. The molecule has 0 spiro atoms. The fourth-order valence-electron chi connectivity index (χ4n) is 3.12. The Hall–Kier alpha value is -2.87. The Labute approximate surface area is 161 Å². The highest BCUT2D eigenvalue weighted by atomic mass is 16.6. The van der Waals surface area contributed by atoms with Crippen LogP contribution in [0, 0.1) is 5.41 Å². The fourth-order valence-corrected chi connectivity index (χ4v) is 3.12. The van der Waals surface area contributed by atoms with Crippen molar-refractivity contribution in [3.8, 4) is 0 Å². The van der Waals surface area contributed by atoms with E-state index in [-0.39, 0.29) is 5.97 Å². The average molecular weight is 358 g/mol. The Bertz CT molecular complexity index is 771. The lowest BCUT2D eigenvalue weighted by molar-refractivity contribution is -0.164. The van der Waals surface area contributed by atoms with Crippen molar-refractivity contribution >= 4 is 5.97 Å². The molecular weight excluding hydrogens is 332 g/mol. The number of benzene rings is 3. The molecule has 0 unspecified atom stereocenters. The number of ether oxygens (including phenoxy) is 1. The maximum absolute atomic E-state index is 13.2. The van der Waals surface area contributed by atoms with E-state index >= 15 is 0 Å². The SMILES string of the molecule is CCC(C)(C)C(=O)OC(c1ccccc1)(c1ccccc1)c1ccccc1. The topological polar surface area (TPSA) is 26.3 Å². The summed E-state index contributed by atoms with van der Waals surface area (Å²) in [4.78, 5) is 13.2. The number of esters is 1. The molecule has 0 atom stereocenters. The van der Waals surface area contributed by atoms with Crippen LogP contribution in [-0.4, -0.2) is 5.97 Å². The van der Waals surface area contributed by atoms with Crippen molar-refractivity contribution in [1.29, 1.82) is 0 Å². The normalized spacial score (nSPS) is 11.8. The molecule has 0 aliphatic carbocycles. The summed E-state index contributed by atoms with van der Waals surface area (Å²) in [7, 11) is 0. The lowest BCUT2D eigenvalue weighted by Gasteiger charge is -2.37. The summed E-state index contributed by atoms with van der Waals surface area (Å²) in [6.07, 6.45) is 0.709. The molecule has 0 fully saturated rings. The Morgan fingerprint density at radius 2 is 1.04 bits per heavy atom. The van der Waals surface area contributed by atoms with Crippen LogP contribution in [0.5, 0.6) is 0 Å². The third-order valence-electron chi connectivity index (χ3n) is 5.22. The fraction of sp³-hybridized carbons (Fsp3) is 0.240. The molecule has 27 heavy (non-hydrogen) atoms. The molecule has 0 aliphatic rings. The molecule has 0 aromatic heterocycles. The maximum atomic E-state index is 13.2. The average Bonchev–Trinajstić information content (AvgIpc) is 2.73. The molecule has 0 heterocycles. The third kappa shape index (κ3) is 3.66. The zero-order valence-corrected chi connectivity index (χ0v) is 16.2. The van der Waals surface area contributed by atoms with Gasteiger partial charge in [0.05, 0.1) is 5.41 Å². The molecule has 3 aromatic carbocycles. The first-order chi connectivity index (χ1) is 13.0. The minimum absolute atomic E-state index is 0.207. The van der Waals surface area contributed by atoms with Gasteiger partial charge in [0, 0.05) is 16.7 Å². The number of hydrogen-bond donors (Lipinski definition) is 0. The molecule has 138 valence electrons. The molecule has 3 aromatic rings. The molecular formula is C25H26O2. The first kappa shape index (κ1) is 18.9. The third-order valence-corrected chi connectivity index (χ3v) is 5.22. The van der Waals surface area contributed by atoms with E-state index in [9.17, 15) is 4.79 Å². The van der Waals surface area contributed by atoms with Crippen molar-refractivity contribution in [3.63, 3.8) is 0 Å². The minimum atomic E-state index is -0.993. The van der Waals surface area contributed by atoms with Crippen molar-refractivity contribution in [2.45, 2.75) is 32.8 Å². The quantitative estimate of drug-likeness (QED) is 0.401. The van der Waals surface area contributed by atoms with Gasteiger partial charge in [-0.15, -0.1) is 0 Å². The first-order valence-electron chi connectivity index (χ1n) is 9.41. The van der Waals surface area contributed by atoms with Crippen LogP contribution in [0.25, 0.3) is 0 Å². The van der Waals surface area contributed by atoms with E-state index in [1.165, 1.54) is 0 Å². The standard InChI is InChI=1S/C25H26O2/c1-4-24(2,3)23(26)27-25(20-14-8-5-9-15-20,21-16-10-6-11-17-21)22-18-12-7-13-19-22/h5-19H,4H2,1-3H3. The molecule has 0 bridgehead atoms. The molecule has 3 rings (SSSR count). The second kappa shape index (κ2) is 7.79. The van der Waals surface area contributed by atoms with E-state index < -0.39 is 11.0 Å². The van der Waals surface area contributed by atoms with Crippen LogP contribution in [0.1, 0.15) is 43.9 Å². The smallest absolute Gasteiger partial charge is 0.313 e. The Kier molecular flexibility index (Phi) is 5.46. The molecule has 2 heteroatoms.